The Bertz CT molecular complexity index is 1340. The van der Waals surface area contributed by atoms with Crippen LogP contribution < -0.4 is 15.8 Å². The molecule has 18 heteroatoms. The first kappa shape index (κ1) is 34.9. The highest BCUT2D eigenvalue weighted by atomic mass is 28.3. The smallest absolute Gasteiger partial charge is 0.388 e. The monoisotopic (exact) mass is 651 g/mol. The number of oxime groups is 1. The van der Waals surface area contributed by atoms with Crippen molar-refractivity contribution >= 4 is 31.7 Å². The van der Waals surface area contributed by atoms with Crippen LogP contribution in [0.1, 0.15) is 30.9 Å². The predicted molar refractivity (Wildman–Crippen MR) is 152 cm³/mol. The van der Waals surface area contributed by atoms with Crippen LogP contribution in [0, 0.1) is 5.92 Å². The number of carbonyl (C=O) groups excluding carboxylic acids is 1. The molecule has 1 fully saturated rings. The maximum Gasteiger partial charge on any atom is 0.423 e. The summed E-state index contributed by atoms with van der Waals surface area (Å²) in [6.45, 7) is 8.04. The number of alkyl halides is 6. The van der Waals surface area contributed by atoms with Gasteiger partial charge in [0.25, 0.3) is 5.56 Å². The number of halogens is 6. The Labute approximate surface area is 250 Å². The highest BCUT2D eigenvalue weighted by molar-refractivity contribution is 6.76. The lowest BCUT2D eigenvalue weighted by molar-refractivity contribution is -0.139. The number of ether oxygens (including phenoxy) is 1. The molecule has 0 amide bonds. The van der Waals surface area contributed by atoms with Gasteiger partial charge in [-0.15, -0.1) is 0 Å². The van der Waals surface area contributed by atoms with E-state index in [1.807, 2.05) is 0 Å². The lowest BCUT2D eigenvalue weighted by atomic mass is 9.93. The summed E-state index contributed by atoms with van der Waals surface area (Å²) in [6, 6.07) is -0.0540. The molecule has 3 heterocycles. The molecule has 1 N–H and O–H groups in total. The first-order valence-electron chi connectivity index (χ1n) is 13.8. The zero-order valence-electron chi connectivity index (χ0n) is 24.7. The van der Waals surface area contributed by atoms with E-state index in [1.165, 1.54) is 6.92 Å². The first-order chi connectivity index (χ1) is 20.5. The molecular formula is C26H35F6N7O4Si. The van der Waals surface area contributed by atoms with Crippen LogP contribution in [0.15, 0.2) is 28.5 Å². The molecule has 0 unspecified atom stereocenters. The first-order valence-corrected chi connectivity index (χ1v) is 17.5. The molecule has 1 aliphatic rings. The Morgan fingerprint density at radius 1 is 1.11 bits per heavy atom. The number of hydrogen-bond donors (Lipinski definition) is 1. The second-order valence-corrected chi connectivity index (χ2v) is 17.2. The molecule has 3 rings (SSSR count). The Balaban J connectivity index is 1.48. The number of carbonyl (C=O) groups is 1. The van der Waals surface area contributed by atoms with Gasteiger partial charge in [-0.05, 0) is 25.8 Å². The van der Waals surface area contributed by atoms with E-state index < -0.39 is 55.6 Å². The minimum Gasteiger partial charge on any atom is -0.388 e. The van der Waals surface area contributed by atoms with Crippen LogP contribution in [-0.2, 0) is 33.5 Å². The molecule has 2 aromatic rings. The van der Waals surface area contributed by atoms with Gasteiger partial charge in [0.05, 0.1) is 29.7 Å². The lowest BCUT2D eigenvalue weighted by Gasteiger charge is -2.31. The van der Waals surface area contributed by atoms with Gasteiger partial charge in [0.1, 0.15) is 12.3 Å². The van der Waals surface area contributed by atoms with E-state index in [1.54, 1.807) is 4.90 Å². The lowest BCUT2D eigenvalue weighted by Crippen LogP contribution is -2.38. The summed E-state index contributed by atoms with van der Waals surface area (Å²) in [7, 11) is -1.42. The Morgan fingerprint density at radius 2 is 1.75 bits per heavy atom. The van der Waals surface area contributed by atoms with Gasteiger partial charge in [-0.25, -0.2) is 14.6 Å². The van der Waals surface area contributed by atoms with Gasteiger partial charge in [-0.2, -0.15) is 31.4 Å². The average Bonchev–Trinajstić information content (AvgIpc) is 2.93. The van der Waals surface area contributed by atoms with Crippen LogP contribution in [0.25, 0.3) is 0 Å². The van der Waals surface area contributed by atoms with Gasteiger partial charge in [0.15, 0.2) is 12.4 Å². The summed E-state index contributed by atoms with van der Waals surface area (Å²) in [5.74, 6) is -0.494. The van der Waals surface area contributed by atoms with Gasteiger partial charge in [-0.3, -0.25) is 9.59 Å². The summed E-state index contributed by atoms with van der Waals surface area (Å²) in [6.07, 6.45) is -5.25. The number of aromatic nitrogens is 4. The van der Waals surface area contributed by atoms with E-state index in [9.17, 15) is 35.9 Å². The molecule has 11 nitrogen and oxygen atoms in total. The summed E-state index contributed by atoms with van der Waals surface area (Å²) >= 11 is 0. The van der Waals surface area contributed by atoms with Crippen molar-refractivity contribution in [3.8, 4) is 0 Å². The largest absolute Gasteiger partial charge is 0.423 e. The molecule has 244 valence electrons. The number of ketones is 1. The molecule has 44 heavy (non-hydrogen) atoms. The third-order valence-corrected chi connectivity index (χ3v) is 8.39. The third kappa shape index (κ3) is 10.3. The van der Waals surface area contributed by atoms with Crippen molar-refractivity contribution in [2.24, 2.45) is 11.1 Å². The maximum atomic E-state index is 13.8. The summed E-state index contributed by atoms with van der Waals surface area (Å²) in [4.78, 5) is 39.4. The minimum atomic E-state index is -4.96. The quantitative estimate of drug-likeness (QED) is 0.108. The zero-order chi connectivity index (χ0) is 32.7. The fourth-order valence-corrected chi connectivity index (χ4v) is 4.92. The van der Waals surface area contributed by atoms with Crippen LogP contribution in [-0.4, -0.2) is 72.2 Å². The van der Waals surface area contributed by atoms with E-state index >= 15 is 0 Å². The number of nitrogens with zero attached hydrogens (tertiary/aromatic N) is 6. The van der Waals surface area contributed by atoms with E-state index in [2.05, 4.69) is 45.2 Å². The van der Waals surface area contributed by atoms with Gasteiger partial charge in [-0.1, -0.05) is 24.8 Å². The Hall–Kier alpha value is -3.54. The Kier molecular flexibility index (Phi) is 11.5. The molecule has 0 saturated carbocycles. The fourth-order valence-electron chi connectivity index (χ4n) is 4.16. The third-order valence-electron chi connectivity index (χ3n) is 6.68. The molecule has 1 saturated heterocycles. The number of nitrogens with one attached hydrogen (secondary N) is 1. The van der Waals surface area contributed by atoms with Crippen molar-refractivity contribution in [1.29, 1.82) is 0 Å². The van der Waals surface area contributed by atoms with Crippen LogP contribution in [0.3, 0.4) is 0 Å². The summed E-state index contributed by atoms with van der Waals surface area (Å²) in [5, 5.41) is 9.99. The summed E-state index contributed by atoms with van der Waals surface area (Å²) in [5.41, 5.74) is -4.27. The van der Waals surface area contributed by atoms with Crippen LogP contribution in [0.5, 0.6) is 0 Å². The second-order valence-electron chi connectivity index (χ2n) is 11.5. The predicted octanol–water partition coefficient (Wildman–Crippen LogP) is 4.67. The number of Topliss-reactive ketones (excluding diaryl/α,β-unsaturated/α-hetero) is 1. The van der Waals surface area contributed by atoms with E-state index in [0.717, 1.165) is 18.5 Å². The highest BCUT2D eigenvalue weighted by Crippen LogP contribution is 2.32. The highest BCUT2D eigenvalue weighted by Gasteiger charge is 2.38. The van der Waals surface area contributed by atoms with Gasteiger partial charge in [0.2, 0.25) is 5.95 Å². The maximum absolute atomic E-state index is 13.8. The average molecular weight is 652 g/mol. The number of anilines is 2. The van der Waals surface area contributed by atoms with Crippen molar-refractivity contribution in [2.45, 2.75) is 70.6 Å². The molecule has 2 aromatic heterocycles. The molecule has 1 atom stereocenters. The molecule has 0 aromatic carbocycles. The molecule has 0 bridgehead atoms. The summed E-state index contributed by atoms with van der Waals surface area (Å²) < 4.78 is 85.4. The topological polar surface area (TPSA) is 124 Å². The van der Waals surface area contributed by atoms with Crippen molar-refractivity contribution in [2.75, 3.05) is 36.5 Å². The zero-order valence-corrected chi connectivity index (χ0v) is 25.7. The van der Waals surface area contributed by atoms with E-state index in [-0.39, 0.29) is 24.3 Å². The number of piperidine rings is 1. The standard InChI is InChI=1S/C26H35F6N7O4Si/c1-17(37-20-14-35-39(16-42-9-10-44(2,3)4)23(41)22(20)26(30,31)32)11-36-43-15-21(40)18-5-7-38(8-6-18)24-33-12-19(13-34-24)25(27,28)29/h11-14,17-18,37H,5-10,15-16H2,1-4H3/b36-11+/t17-/m0/s1. The van der Waals surface area contributed by atoms with Crippen molar-refractivity contribution in [3.63, 3.8) is 0 Å². The molecule has 0 radical (unpaired) electrons. The Morgan fingerprint density at radius 3 is 2.32 bits per heavy atom. The minimum absolute atomic E-state index is 0.137. The fraction of sp³-hybridized carbons (Fsp3) is 0.615. The number of rotatable bonds is 13. The van der Waals surface area contributed by atoms with Crippen LogP contribution in [0.4, 0.5) is 38.0 Å². The molecule has 0 aliphatic carbocycles. The number of hydrogen-bond acceptors (Lipinski definition) is 10. The molecular weight excluding hydrogens is 616 g/mol. The second kappa shape index (κ2) is 14.5. The van der Waals surface area contributed by atoms with Gasteiger partial charge in [0, 0.05) is 46.1 Å². The van der Waals surface area contributed by atoms with Crippen molar-refractivity contribution in [3.05, 3.63) is 40.1 Å². The van der Waals surface area contributed by atoms with Gasteiger partial charge >= 0.3 is 12.4 Å². The van der Waals surface area contributed by atoms with Crippen molar-refractivity contribution < 1.29 is 40.7 Å². The normalized spacial score (nSPS) is 15.9. The van der Waals surface area contributed by atoms with E-state index in [4.69, 9.17) is 9.57 Å². The van der Waals surface area contributed by atoms with Crippen LogP contribution in [0.2, 0.25) is 25.7 Å². The van der Waals surface area contributed by atoms with Crippen LogP contribution >= 0.6 is 0 Å². The van der Waals surface area contributed by atoms with E-state index in [0.29, 0.717) is 49.6 Å². The van der Waals surface area contributed by atoms with Crippen molar-refractivity contribution in [1.82, 2.24) is 19.7 Å². The SMILES string of the molecule is C[C@@H](/C=N/OCC(=O)C1CCN(c2ncc(C(F)(F)F)cn2)CC1)Nc1cnn(COCC[Si](C)(C)C)c(=O)c1C(F)(F)F. The van der Waals surface area contributed by atoms with Gasteiger partial charge < -0.3 is 19.8 Å². The molecule has 1 aliphatic heterocycles. The molecule has 0 spiro atoms.